The Labute approximate surface area is 127 Å². The van der Waals surface area contributed by atoms with Crippen LogP contribution in [0.5, 0.6) is 0 Å². The summed E-state index contributed by atoms with van der Waals surface area (Å²) in [6, 6.07) is 5.80. The highest BCUT2D eigenvalue weighted by Gasteiger charge is 2.28. The van der Waals surface area contributed by atoms with Gasteiger partial charge in [-0.1, -0.05) is 0 Å². The third kappa shape index (κ3) is 4.74. The lowest BCUT2D eigenvalue weighted by molar-refractivity contribution is -0.141. The number of carbonyl (C=O) groups is 2. The summed E-state index contributed by atoms with van der Waals surface area (Å²) < 4.78 is 12.8. The molecule has 1 heterocycles. The number of hydrogen-bond donors (Lipinski definition) is 1. The molecule has 0 bridgehead atoms. The van der Waals surface area contributed by atoms with Crippen LogP contribution in [0, 0.1) is 5.82 Å². The summed E-state index contributed by atoms with van der Waals surface area (Å²) in [6.45, 7) is 0.626. The first-order valence-electron chi connectivity index (χ1n) is 6.96. The van der Waals surface area contributed by atoms with Crippen LogP contribution in [0.15, 0.2) is 29.2 Å². The molecule has 1 aliphatic heterocycles. The fraction of sp³-hybridized carbons (Fsp3) is 0.467. The van der Waals surface area contributed by atoms with Gasteiger partial charge in [0.1, 0.15) is 5.82 Å². The summed E-state index contributed by atoms with van der Waals surface area (Å²) in [7, 11) is 0. The van der Waals surface area contributed by atoms with E-state index >= 15 is 0 Å². The number of nitrogens with zero attached hydrogens (tertiary/aromatic N) is 1. The van der Waals surface area contributed by atoms with E-state index in [0.717, 1.165) is 24.2 Å². The molecule has 1 fully saturated rings. The minimum Gasteiger partial charge on any atom is -0.481 e. The second-order valence-electron chi connectivity index (χ2n) is 5.08. The Kier molecular flexibility index (Phi) is 5.61. The van der Waals surface area contributed by atoms with Gasteiger partial charge in [-0.25, -0.2) is 4.39 Å². The summed E-state index contributed by atoms with van der Waals surface area (Å²) in [5, 5.41) is 8.92. The van der Waals surface area contributed by atoms with Crippen molar-refractivity contribution in [3.63, 3.8) is 0 Å². The van der Waals surface area contributed by atoms with E-state index in [0.29, 0.717) is 6.54 Å². The summed E-state index contributed by atoms with van der Waals surface area (Å²) in [5.41, 5.74) is 0. The lowest BCUT2D eigenvalue weighted by atomic mass is 9.99. The smallest absolute Gasteiger partial charge is 0.305 e. The van der Waals surface area contributed by atoms with Gasteiger partial charge in [0, 0.05) is 17.5 Å². The third-order valence-corrected chi connectivity index (χ3v) is 4.53. The van der Waals surface area contributed by atoms with Crippen molar-refractivity contribution < 1.29 is 19.1 Å². The van der Waals surface area contributed by atoms with Crippen LogP contribution in [-0.2, 0) is 9.59 Å². The molecule has 1 unspecified atom stereocenters. The third-order valence-electron chi connectivity index (χ3n) is 3.53. The van der Waals surface area contributed by atoms with Gasteiger partial charge in [-0.2, -0.15) is 0 Å². The van der Waals surface area contributed by atoms with Crippen LogP contribution in [0.1, 0.15) is 25.7 Å². The molecular weight excluding hydrogens is 293 g/mol. The maximum absolute atomic E-state index is 12.8. The number of likely N-dealkylation sites (tertiary alicyclic amines) is 1. The zero-order chi connectivity index (χ0) is 15.2. The number of amides is 1. The predicted molar refractivity (Wildman–Crippen MR) is 78.7 cm³/mol. The highest BCUT2D eigenvalue weighted by molar-refractivity contribution is 8.00. The molecule has 1 N–H and O–H groups in total. The molecule has 6 heteroatoms. The number of rotatable bonds is 5. The molecule has 0 spiro atoms. The highest BCUT2D eigenvalue weighted by Crippen LogP contribution is 2.23. The average molecular weight is 311 g/mol. The fourth-order valence-electron chi connectivity index (χ4n) is 2.50. The summed E-state index contributed by atoms with van der Waals surface area (Å²) in [4.78, 5) is 25.7. The van der Waals surface area contributed by atoms with Crippen LogP contribution in [0.2, 0.25) is 0 Å². The summed E-state index contributed by atoms with van der Waals surface area (Å²) in [5.74, 6) is -0.966. The van der Waals surface area contributed by atoms with Crippen molar-refractivity contribution in [2.45, 2.75) is 36.6 Å². The Morgan fingerprint density at radius 3 is 2.67 bits per heavy atom. The number of halogens is 1. The molecule has 0 radical (unpaired) electrons. The minimum atomic E-state index is -0.870. The highest BCUT2D eigenvalue weighted by atomic mass is 32.2. The van der Waals surface area contributed by atoms with Gasteiger partial charge < -0.3 is 10.0 Å². The molecule has 1 amide bonds. The van der Waals surface area contributed by atoms with Crippen LogP contribution in [0.25, 0.3) is 0 Å². The molecule has 0 aromatic heterocycles. The minimum absolute atomic E-state index is 0.00690. The Balaban J connectivity index is 1.91. The first-order chi connectivity index (χ1) is 10.1. The van der Waals surface area contributed by atoms with Crippen LogP contribution in [0.4, 0.5) is 4.39 Å². The molecular formula is C15H18FNO3S. The second-order valence-corrected chi connectivity index (χ2v) is 6.13. The zero-order valence-electron chi connectivity index (χ0n) is 11.6. The number of carboxylic acids is 1. The van der Waals surface area contributed by atoms with E-state index in [2.05, 4.69) is 0 Å². The number of benzene rings is 1. The fourth-order valence-corrected chi connectivity index (χ4v) is 3.29. The van der Waals surface area contributed by atoms with Crippen molar-refractivity contribution >= 4 is 23.6 Å². The monoisotopic (exact) mass is 311 g/mol. The molecule has 1 saturated heterocycles. The molecule has 1 aliphatic rings. The Bertz CT molecular complexity index is 506. The lowest BCUT2D eigenvalue weighted by Crippen LogP contribution is -2.45. The Morgan fingerprint density at radius 1 is 1.29 bits per heavy atom. The van der Waals surface area contributed by atoms with Crippen molar-refractivity contribution in [1.82, 2.24) is 4.90 Å². The topological polar surface area (TPSA) is 57.6 Å². The maximum atomic E-state index is 12.8. The largest absolute Gasteiger partial charge is 0.481 e. The number of piperidine rings is 1. The van der Waals surface area contributed by atoms with E-state index in [1.807, 2.05) is 0 Å². The Morgan fingerprint density at radius 2 is 2.00 bits per heavy atom. The number of carbonyl (C=O) groups excluding carboxylic acids is 1. The van der Waals surface area contributed by atoms with Gasteiger partial charge in [0.2, 0.25) is 5.91 Å². The van der Waals surface area contributed by atoms with Gasteiger partial charge >= 0.3 is 5.97 Å². The molecule has 1 aromatic rings. The van der Waals surface area contributed by atoms with E-state index < -0.39 is 5.97 Å². The molecule has 0 aliphatic carbocycles. The summed E-state index contributed by atoms with van der Waals surface area (Å²) >= 11 is 1.35. The van der Waals surface area contributed by atoms with Crippen molar-refractivity contribution in [3.05, 3.63) is 30.1 Å². The lowest BCUT2D eigenvalue weighted by Gasteiger charge is -2.35. The molecule has 21 heavy (non-hydrogen) atoms. The van der Waals surface area contributed by atoms with Crippen LogP contribution < -0.4 is 0 Å². The molecule has 114 valence electrons. The van der Waals surface area contributed by atoms with Crippen LogP contribution in [0.3, 0.4) is 0 Å². The van der Waals surface area contributed by atoms with Gasteiger partial charge in [0.15, 0.2) is 0 Å². The van der Waals surface area contributed by atoms with Crippen molar-refractivity contribution in [2.75, 3.05) is 12.3 Å². The number of thioether (sulfide) groups is 1. The van der Waals surface area contributed by atoms with E-state index in [9.17, 15) is 14.0 Å². The van der Waals surface area contributed by atoms with Gasteiger partial charge in [-0.15, -0.1) is 11.8 Å². The average Bonchev–Trinajstić information content (AvgIpc) is 2.46. The van der Waals surface area contributed by atoms with E-state index in [1.165, 1.54) is 23.9 Å². The van der Waals surface area contributed by atoms with Gasteiger partial charge in [0.25, 0.3) is 0 Å². The summed E-state index contributed by atoms with van der Waals surface area (Å²) in [6.07, 6.45) is 2.64. The SMILES string of the molecule is O=C(O)CC1CCCCN1C(=O)CSc1ccc(F)cc1. The van der Waals surface area contributed by atoms with E-state index in [4.69, 9.17) is 5.11 Å². The molecule has 2 rings (SSSR count). The quantitative estimate of drug-likeness (QED) is 0.850. The van der Waals surface area contributed by atoms with Crippen molar-refractivity contribution in [3.8, 4) is 0 Å². The standard InChI is InChI=1S/C15H18FNO3S/c16-11-4-6-13(7-5-11)21-10-14(18)17-8-2-1-3-12(17)9-15(19)20/h4-7,12H,1-3,8-10H2,(H,19,20). The van der Waals surface area contributed by atoms with Gasteiger partial charge in [-0.05, 0) is 43.5 Å². The normalized spacial score (nSPS) is 18.5. The first-order valence-corrected chi connectivity index (χ1v) is 7.94. The van der Waals surface area contributed by atoms with Crippen LogP contribution >= 0.6 is 11.8 Å². The molecule has 1 atom stereocenters. The van der Waals surface area contributed by atoms with Gasteiger partial charge in [-0.3, -0.25) is 9.59 Å². The number of hydrogen-bond acceptors (Lipinski definition) is 3. The maximum Gasteiger partial charge on any atom is 0.305 e. The Hall–Kier alpha value is -1.56. The predicted octanol–water partition coefficient (Wildman–Crippen LogP) is 2.77. The van der Waals surface area contributed by atoms with Crippen LogP contribution in [-0.4, -0.2) is 40.2 Å². The first kappa shape index (κ1) is 15.8. The van der Waals surface area contributed by atoms with Gasteiger partial charge in [0.05, 0.1) is 12.2 Å². The second kappa shape index (κ2) is 7.45. The zero-order valence-corrected chi connectivity index (χ0v) is 12.4. The molecule has 1 aromatic carbocycles. The molecule has 0 saturated carbocycles. The van der Waals surface area contributed by atoms with Crippen molar-refractivity contribution in [1.29, 1.82) is 0 Å². The number of aliphatic carboxylic acids is 1. The van der Waals surface area contributed by atoms with Crippen molar-refractivity contribution in [2.24, 2.45) is 0 Å². The van der Waals surface area contributed by atoms with E-state index in [-0.39, 0.29) is 29.9 Å². The van der Waals surface area contributed by atoms with E-state index in [1.54, 1.807) is 17.0 Å². The number of carboxylic acid groups (broad SMARTS) is 1. The molecule has 4 nitrogen and oxygen atoms in total.